The SMILES string of the molecule is Cc1cnccc1OC1CCN(C(=O)N[C@@H](C)c2nccs2)CC1. The second-order valence-corrected chi connectivity index (χ2v) is 6.91. The molecule has 0 radical (unpaired) electrons. The van der Waals surface area contributed by atoms with Gasteiger partial charge >= 0.3 is 6.03 Å². The lowest BCUT2D eigenvalue weighted by molar-refractivity contribution is 0.109. The fourth-order valence-electron chi connectivity index (χ4n) is 2.74. The highest BCUT2D eigenvalue weighted by molar-refractivity contribution is 7.09. The van der Waals surface area contributed by atoms with Crippen LogP contribution in [0, 0.1) is 6.92 Å². The number of urea groups is 1. The number of pyridine rings is 1. The van der Waals surface area contributed by atoms with Gasteiger partial charge in [-0.25, -0.2) is 9.78 Å². The number of rotatable bonds is 4. The average Bonchev–Trinajstić information content (AvgIpc) is 3.12. The molecule has 6 nitrogen and oxygen atoms in total. The van der Waals surface area contributed by atoms with Crippen LogP contribution in [0.5, 0.6) is 5.75 Å². The van der Waals surface area contributed by atoms with Gasteiger partial charge in [0.15, 0.2) is 0 Å². The molecule has 3 rings (SSSR count). The first kappa shape index (κ1) is 16.7. The van der Waals surface area contributed by atoms with Crippen LogP contribution in [0.15, 0.2) is 30.0 Å². The number of ether oxygens (including phenoxy) is 1. The number of amides is 2. The topological polar surface area (TPSA) is 67.3 Å². The van der Waals surface area contributed by atoms with Crippen LogP contribution in [0.4, 0.5) is 4.79 Å². The molecule has 0 aliphatic carbocycles. The van der Waals surface area contributed by atoms with Crippen molar-refractivity contribution < 1.29 is 9.53 Å². The lowest BCUT2D eigenvalue weighted by atomic mass is 10.1. The number of likely N-dealkylation sites (tertiary alicyclic amines) is 1. The van der Waals surface area contributed by atoms with E-state index in [-0.39, 0.29) is 18.2 Å². The zero-order valence-corrected chi connectivity index (χ0v) is 14.8. The van der Waals surface area contributed by atoms with E-state index in [1.807, 2.05) is 30.2 Å². The third-order valence-corrected chi connectivity index (χ3v) is 5.11. The number of hydrogen-bond acceptors (Lipinski definition) is 5. The Kier molecular flexibility index (Phi) is 5.30. The maximum Gasteiger partial charge on any atom is 0.317 e. The standard InChI is InChI=1S/C17H22N4O2S/c1-12-11-18-6-3-15(12)23-14-4-8-21(9-5-14)17(22)20-13(2)16-19-7-10-24-16/h3,6-7,10-11,13-14H,4-5,8-9H2,1-2H3,(H,20,22)/t13-/m0/s1. The number of piperidine rings is 1. The van der Waals surface area contributed by atoms with Crippen LogP contribution in [-0.4, -0.2) is 40.1 Å². The molecule has 2 aromatic rings. The van der Waals surface area contributed by atoms with Crippen LogP contribution < -0.4 is 10.1 Å². The molecule has 1 saturated heterocycles. The Hall–Kier alpha value is -2.15. The van der Waals surface area contributed by atoms with E-state index < -0.39 is 0 Å². The molecule has 0 bridgehead atoms. The minimum Gasteiger partial charge on any atom is -0.490 e. The molecule has 2 amide bonds. The van der Waals surface area contributed by atoms with E-state index in [4.69, 9.17) is 4.74 Å². The smallest absolute Gasteiger partial charge is 0.317 e. The molecule has 0 saturated carbocycles. The number of aryl methyl sites for hydroxylation is 1. The van der Waals surface area contributed by atoms with Crippen LogP contribution in [0.3, 0.4) is 0 Å². The Balaban J connectivity index is 1.48. The van der Waals surface area contributed by atoms with Crippen molar-refractivity contribution in [1.29, 1.82) is 0 Å². The number of nitrogens with zero attached hydrogens (tertiary/aromatic N) is 3. The van der Waals surface area contributed by atoms with E-state index in [0.29, 0.717) is 13.1 Å². The third-order valence-electron chi connectivity index (χ3n) is 4.15. The van der Waals surface area contributed by atoms with Crippen molar-refractivity contribution in [2.24, 2.45) is 0 Å². The first-order valence-electron chi connectivity index (χ1n) is 8.15. The number of nitrogens with one attached hydrogen (secondary N) is 1. The van der Waals surface area contributed by atoms with Crippen molar-refractivity contribution in [3.8, 4) is 5.75 Å². The lowest BCUT2D eigenvalue weighted by Gasteiger charge is -2.33. The van der Waals surface area contributed by atoms with Gasteiger partial charge in [-0.2, -0.15) is 0 Å². The van der Waals surface area contributed by atoms with Crippen LogP contribution in [0.2, 0.25) is 0 Å². The molecule has 0 unspecified atom stereocenters. The summed E-state index contributed by atoms with van der Waals surface area (Å²) >= 11 is 1.55. The van der Waals surface area contributed by atoms with Gasteiger partial charge in [0, 0.05) is 55.5 Å². The Bertz CT molecular complexity index is 669. The lowest BCUT2D eigenvalue weighted by Crippen LogP contribution is -2.47. The molecule has 1 fully saturated rings. The summed E-state index contributed by atoms with van der Waals surface area (Å²) in [5, 5.41) is 5.86. The number of carbonyl (C=O) groups excluding carboxylic acids is 1. The van der Waals surface area contributed by atoms with Crippen molar-refractivity contribution in [2.75, 3.05) is 13.1 Å². The quantitative estimate of drug-likeness (QED) is 0.923. The van der Waals surface area contributed by atoms with Crippen molar-refractivity contribution >= 4 is 17.4 Å². The summed E-state index contributed by atoms with van der Waals surface area (Å²) in [7, 11) is 0. The normalized spacial score (nSPS) is 16.7. The largest absolute Gasteiger partial charge is 0.490 e. The summed E-state index contributed by atoms with van der Waals surface area (Å²) < 4.78 is 6.05. The maximum absolute atomic E-state index is 12.4. The van der Waals surface area contributed by atoms with Gasteiger partial charge in [-0.1, -0.05) is 0 Å². The van der Waals surface area contributed by atoms with Crippen molar-refractivity contribution in [3.05, 3.63) is 40.6 Å². The molecule has 1 atom stereocenters. The monoisotopic (exact) mass is 346 g/mol. The summed E-state index contributed by atoms with van der Waals surface area (Å²) in [5.74, 6) is 0.880. The molecule has 24 heavy (non-hydrogen) atoms. The second-order valence-electron chi connectivity index (χ2n) is 5.99. The van der Waals surface area contributed by atoms with Gasteiger partial charge in [0.05, 0.1) is 6.04 Å². The van der Waals surface area contributed by atoms with Crippen molar-refractivity contribution in [3.63, 3.8) is 0 Å². The average molecular weight is 346 g/mol. The summed E-state index contributed by atoms with van der Waals surface area (Å²) in [6, 6.07) is 1.80. The summed E-state index contributed by atoms with van der Waals surface area (Å²) in [6.45, 7) is 5.35. The second kappa shape index (κ2) is 7.61. The van der Waals surface area contributed by atoms with Gasteiger partial charge in [-0.3, -0.25) is 4.98 Å². The number of thiazole rings is 1. The van der Waals surface area contributed by atoms with Gasteiger partial charge in [0.25, 0.3) is 0 Å². The number of carbonyl (C=O) groups is 1. The zero-order valence-electron chi connectivity index (χ0n) is 13.9. The molecule has 1 aliphatic rings. The van der Waals surface area contributed by atoms with Crippen molar-refractivity contribution in [2.45, 2.75) is 38.8 Å². The van der Waals surface area contributed by atoms with Crippen LogP contribution >= 0.6 is 11.3 Å². The van der Waals surface area contributed by atoms with Gasteiger partial charge in [0.2, 0.25) is 0 Å². The molecule has 3 heterocycles. The molecule has 0 spiro atoms. The Morgan fingerprint density at radius 3 is 2.88 bits per heavy atom. The van der Waals surface area contributed by atoms with Crippen molar-refractivity contribution in [1.82, 2.24) is 20.2 Å². The van der Waals surface area contributed by atoms with Gasteiger partial charge in [-0.05, 0) is 19.9 Å². The van der Waals surface area contributed by atoms with E-state index in [2.05, 4.69) is 15.3 Å². The van der Waals surface area contributed by atoms with Crippen LogP contribution in [-0.2, 0) is 0 Å². The molecule has 128 valence electrons. The van der Waals surface area contributed by atoms with E-state index in [9.17, 15) is 4.79 Å². The minimum absolute atomic E-state index is 0.0313. The highest BCUT2D eigenvalue weighted by atomic mass is 32.1. The zero-order chi connectivity index (χ0) is 16.9. The Morgan fingerprint density at radius 2 is 2.21 bits per heavy atom. The van der Waals surface area contributed by atoms with Gasteiger partial charge in [0.1, 0.15) is 16.9 Å². The summed E-state index contributed by atoms with van der Waals surface area (Å²) in [4.78, 5) is 22.5. The Labute approximate surface area is 145 Å². The predicted octanol–water partition coefficient (Wildman–Crippen LogP) is 3.16. The number of hydrogen-bond donors (Lipinski definition) is 1. The van der Waals surface area contributed by atoms with Crippen LogP contribution in [0.1, 0.15) is 36.4 Å². The van der Waals surface area contributed by atoms with E-state index >= 15 is 0 Å². The van der Waals surface area contributed by atoms with Gasteiger partial charge in [-0.15, -0.1) is 11.3 Å². The molecular formula is C17H22N4O2S. The highest BCUT2D eigenvalue weighted by Gasteiger charge is 2.25. The molecular weight excluding hydrogens is 324 g/mol. The number of aromatic nitrogens is 2. The van der Waals surface area contributed by atoms with E-state index in [1.54, 1.807) is 29.9 Å². The Morgan fingerprint density at radius 1 is 1.42 bits per heavy atom. The van der Waals surface area contributed by atoms with Gasteiger partial charge < -0.3 is 15.0 Å². The first-order valence-corrected chi connectivity index (χ1v) is 9.03. The first-order chi connectivity index (χ1) is 11.6. The highest BCUT2D eigenvalue weighted by Crippen LogP contribution is 2.22. The maximum atomic E-state index is 12.4. The molecule has 1 aliphatic heterocycles. The predicted molar refractivity (Wildman–Crippen MR) is 93.3 cm³/mol. The summed E-state index contributed by atoms with van der Waals surface area (Å²) in [5.41, 5.74) is 1.04. The summed E-state index contributed by atoms with van der Waals surface area (Å²) in [6.07, 6.45) is 7.11. The molecule has 7 heteroatoms. The minimum atomic E-state index is -0.0639. The fourth-order valence-corrected chi connectivity index (χ4v) is 3.38. The third kappa shape index (κ3) is 4.03. The fraction of sp³-hybridized carbons (Fsp3) is 0.471. The van der Waals surface area contributed by atoms with E-state index in [0.717, 1.165) is 29.2 Å². The molecule has 0 aromatic carbocycles. The molecule has 1 N–H and O–H groups in total. The molecule has 2 aromatic heterocycles. The van der Waals surface area contributed by atoms with E-state index in [1.165, 1.54) is 0 Å². The van der Waals surface area contributed by atoms with Crippen LogP contribution in [0.25, 0.3) is 0 Å².